The lowest BCUT2D eigenvalue weighted by Gasteiger charge is -2.14. The van der Waals surface area contributed by atoms with Gasteiger partial charge in [0.1, 0.15) is 22.2 Å². The van der Waals surface area contributed by atoms with Gasteiger partial charge in [-0.15, -0.1) is 0 Å². The molecule has 2 aromatic rings. The molecule has 0 aliphatic heterocycles. The Morgan fingerprint density at radius 2 is 1.32 bits per heavy atom. The molecule has 0 aromatic heterocycles. The van der Waals surface area contributed by atoms with Gasteiger partial charge in [-0.1, -0.05) is 0 Å². The van der Waals surface area contributed by atoms with Crippen LogP contribution in [0, 0.1) is 5.82 Å². The molecule has 0 atom stereocenters. The van der Waals surface area contributed by atoms with E-state index in [2.05, 4.69) is 4.72 Å². The van der Waals surface area contributed by atoms with Gasteiger partial charge in [-0.05, 0) is 0 Å². The first-order valence-electron chi connectivity index (χ1n) is 7.02. The second-order valence-electron chi connectivity index (χ2n) is 4.84. The normalized spacial score (nSPS) is 10.9. The number of rotatable bonds is 7. The van der Waals surface area contributed by atoms with E-state index >= 15 is 0 Å². The fraction of sp³-hybridized carbons (Fsp3) is 0.250. The molecule has 7 nitrogen and oxygen atoms in total. The average Bonchev–Trinajstić information content (AvgIpc) is 2.60. The van der Waals surface area contributed by atoms with Crippen LogP contribution in [0.25, 0.3) is 0 Å². The summed E-state index contributed by atoms with van der Waals surface area (Å²) >= 11 is 0. The van der Waals surface area contributed by atoms with E-state index in [0.717, 1.165) is 12.1 Å². The van der Waals surface area contributed by atoms with Crippen LogP contribution in [-0.4, -0.2) is 36.9 Å². The first-order valence-corrected chi connectivity index (χ1v) is 8.50. The van der Waals surface area contributed by atoms with Crippen molar-refractivity contribution in [2.45, 2.75) is 4.90 Å². The van der Waals surface area contributed by atoms with Gasteiger partial charge in [-0.25, -0.2) is 12.8 Å². The molecule has 0 saturated carbocycles. The molecular weight excluding hydrogens is 353 g/mol. The van der Waals surface area contributed by atoms with Crippen molar-refractivity contribution in [1.82, 2.24) is 0 Å². The first kappa shape index (κ1) is 18.7. The summed E-state index contributed by atoms with van der Waals surface area (Å²) in [6.45, 7) is 0. The van der Waals surface area contributed by atoms with Crippen molar-refractivity contribution >= 4 is 15.7 Å². The molecule has 9 heteroatoms. The van der Waals surface area contributed by atoms with Crippen LogP contribution in [0.15, 0.2) is 35.2 Å². The maximum absolute atomic E-state index is 14.2. The highest BCUT2D eigenvalue weighted by Gasteiger charge is 2.23. The lowest BCUT2D eigenvalue weighted by atomic mass is 10.3. The van der Waals surface area contributed by atoms with E-state index in [1.165, 1.54) is 40.6 Å². The summed E-state index contributed by atoms with van der Waals surface area (Å²) in [7, 11) is 1.29. The van der Waals surface area contributed by atoms with Crippen LogP contribution in [0.5, 0.6) is 23.0 Å². The Balaban J connectivity index is 2.46. The number of hydrogen-bond acceptors (Lipinski definition) is 6. The number of methoxy groups -OCH3 is 4. The minimum absolute atomic E-state index is 0.0852. The third kappa shape index (κ3) is 4.05. The molecule has 2 aromatic carbocycles. The van der Waals surface area contributed by atoms with Crippen molar-refractivity contribution in [2.75, 3.05) is 33.2 Å². The Bertz CT molecular complexity index is 847. The van der Waals surface area contributed by atoms with E-state index in [9.17, 15) is 12.8 Å². The van der Waals surface area contributed by atoms with Gasteiger partial charge in [0, 0.05) is 30.3 Å². The van der Waals surface area contributed by atoms with Crippen LogP contribution in [0.2, 0.25) is 0 Å². The Hall–Kier alpha value is -2.68. The second-order valence-corrected chi connectivity index (χ2v) is 6.50. The standard InChI is InChI=1S/C16H18FNO6S/c1-21-11-5-10(6-12(7-11)22-2)18-25(19,20)16-9-15(24-4)14(23-3)8-13(16)17/h5-9,18H,1-4H3. The zero-order chi connectivity index (χ0) is 18.6. The van der Waals surface area contributed by atoms with Crippen LogP contribution >= 0.6 is 0 Å². The summed E-state index contributed by atoms with van der Waals surface area (Å²) in [5.41, 5.74) is 0.158. The summed E-state index contributed by atoms with van der Waals surface area (Å²) in [5, 5.41) is 0. The fourth-order valence-electron chi connectivity index (χ4n) is 2.12. The first-order chi connectivity index (χ1) is 11.8. The van der Waals surface area contributed by atoms with E-state index in [0.29, 0.717) is 11.5 Å². The van der Waals surface area contributed by atoms with E-state index in [1.54, 1.807) is 6.07 Å². The number of nitrogens with one attached hydrogen (secondary N) is 1. The summed E-state index contributed by atoms with van der Waals surface area (Å²) in [6, 6.07) is 6.46. The van der Waals surface area contributed by atoms with Crippen molar-refractivity contribution < 1.29 is 31.8 Å². The Kier molecular flexibility index (Phi) is 5.58. The molecule has 0 unspecified atom stereocenters. The third-order valence-corrected chi connectivity index (χ3v) is 4.73. The lowest BCUT2D eigenvalue weighted by Crippen LogP contribution is -2.15. The fourth-order valence-corrected chi connectivity index (χ4v) is 3.23. The van der Waals surface area contributed by atoms with Gasteiger partial charge in [0.2, 0.25) is 0 Å². The Morgan fingerprint density at radius 1 is 0.800 bits per heavy atom. The maximum Gasteiger partial charge on any atom is 0.264 e. The molecular formula is C16H18FNO6S. The van der Waals surface area contributed by atoms with Gasteiger partial charge in [0.15, 0.2) is 11.5 Å². The Labute approximate surface area is 145 Å². The van der Waals surface area contributed by atoms with Crippen molar-refractivity contribution in [2.24, 2.45) is 0 Å². The quantitative estimate of drug-likeness (QED) is 0.806. The molecule has 0 radical (unpaired) electrons. The third-order valence-electron chi connectivity index (χ3n) is 3.33. The molecule has 2 rings (SSSR count). The summed E-state index contributed by atoms with van der Waals surface area (Å²) in [6.07, 6.45) is 0. The highest BCUT2D eigenvalue weighted by molar-refractivity contribution is 7.92. The van der Waals surface area contributed by atoms with E-state index in [-0.39, 0.29) is 17.2 Å². The van der Waals surface area contributed by atoms with Crippen molar-refractivity contribution in [3.8, 4) is 23.0 Å². The minimum atomic E-state index is -4.22. The van der Waals surface area contributed by atoms with E-state index in [4.69, 9.17) is 18.9 Å². The molecule has 0 aliphatic rings. The topological polar surface area (TPSA) is 83.1 Å². The van der Waals surface area contributed by atoms with Crippen molar-refractivity contribution in [3.05, 3.63) is 36.1 Å². The lowest BCUT2D eigenvalue weighted by molar-refractivity contribution is 0.350. The molecule has 0 spiro atoms. The predicted molar refractivity (Wildman–Crippen MR) is 89.9 cm³/mol. The molecule has 0 fully saturated rings. The molecule has 0 aliphatic carbocycles. The predicted octanol–water partition coefficient (Wildman–Crippen LogP) is 2.66. The highest BCUT2D eigenvalue weighted by Crippen LogP contribution is 2.33. The highest BCUT2D eigenvalue weighted by atomic mass is 32.2. The van der Waals surface area contributed by atoms with E-state index < -0.39 is 20.7 Å². The number of sulfonamides is 1. The van der Waals surface area contributed by atoms with Crippen LogP contribution in [0.3, 0.4) is 0 Å². The molecule has 0 heterocycles. The van der Waals surface area contributed by atoms with Gasteiger partial charge in [-0.3, -0.25) is 4.72 Å². The number of benzene rings is 2. The van der Waals surface area contributed by atoms with E-state index in [1.807, 2.05) is 0 Å². The van der Waals surface area contributed by atoms with Gasteiger partial charge >= 0.3 is 0 Å². The van der Waals surface area contributed by atoms with Gasteiger partial charge < -0.3 is 18.9 Å². The smallest absolute Gasteiger partial charge is 0.264 e. The summed E-state index contributed by atoms with van der Waals surface area (Å²) < 4.78 is 61.8. The molecule has 0 bridgehead atoms. The zero-order valence-electron chi connectivity index (χ0n) is 14.1. The molecule has 136 valence electrons. The van der Waals surface area contributed by atoms with Crippen LogP contribution < -0.4 is 23.7 Å². The van der Waals surface area contributed by atoms with Crippen LogP contribution in [-0.2, 0) is 10.0 Å². The number of hydrogen-bond donors (Lipinski definition) is 1. The van der Waals surface area contributed by atoms with Crippen molar-refractivity contribution in [3.63, 3.8) is 0 Å². The van der Waals surface area contributed by atoms with Crippen molar-refractivity contribution in [1.29, 1.82) is 0 Å². The average molecular weight is 371 g/mol. The van der Waals surface area contributed by atoms with Crippen LogP contribution in [0.4, 0.5) is 10.1 Å². The maximum atomic E-state index is 14.2. The number of ether oxygens (including phenoxy) is 4. The van der Waals surface area contributed by atoms with Crippen LogP contribution in [0.1, 0.15) is 0 Å². The SMILES string of the molecule is COc1cc(NS(=O)(=O)c2cc(OC)c(OC)cc2F)cc(OC)c1. The monoisotopic (exact) mass is 371 g/mol. The zero-order valence-corrected chi connectivity index (χ0v) is 14.9. The minimum Gasteiger partial charge on any atom is -0.497 e. The molecule has 0 saturated heterocycles. The molecule has 0 amide bonds. The number of anilines is 1. The molecule has 1 N–H and O–H groups in total. The second kappa shape index (κ2) is 7.47. The summed E-state index contributed by atoms with van der Waals surface area (Å²) in [5.74, 6) is -0.0378. The largest absolute Gasteiger partial charge is 0.497 e. The van der Waals surface area contributed by atoms with Gasteiger partial charge in [0.25, 0.3) is 10.0 Å². The van der Waals surface area contributed by atoms with Gasteiger partial charge in [0.05, 0.1) is 34.1 Å². The summed E-state index contributed by atoms with van der Waals surface area (Å²) in [4.78, 5) is -0.577. The Morgan fingerprint density at radius 3 is 1.80 bits per heavy atom. The van der Waals surface area contributed by atoms with Gasteiger partial charge in [-0.2, -0.15) is 0 Å². The number of halogens is 1. The molecule has 25 heavy (non-hydrogen) atoms.